The fourth-order valence-electron chi connectivity index (χ4n) is 2.57. The van der Waals surface area contributed by atoms with E-state index in [1.807, 2.05) is 39.0 Å². The first kappa shape index (κ1) is 18.6. The molecule has 0 fully saturated rings. The van der Waals surface area contributed by atoms with Gasteiger partial charge in [0.2, 0.25) is 5.91 Å². The summed E-state index contributed by atoms with van der Waals surface area (Å²) in [6.07, 6.45) is 5.49. The van der Waals surface area contributed by atoms with E-state index in [-0.39, 0.29) is 17.9 Å². The quantitative estimate of drug-likeness (QED) is 0.811. The minimum Gasteiger partial charge on any atom is -0.349 e. The average Bonchev–Trinajstić information content (AvgIpc) is 2.57. The highest BCUT2D eigenvalue weighted by Crippen LogP contribution is 2.17. The molecule has 1 aromatic heterocycles. The van der Waals surface area contributed by atoms with E-state index in [1.165, 1.54) is 0 Å². The van der Waals surface area contributed by atoms with Gasteiger partial charge in [0, 0.05) is 36.1 Å². The first-order valence-electron chi connectivity index (χ1n) is 8.60. The summed E-state index contributed by atoms with van der Waals surface area (Å²) in [5.74, 6) is -0.179. The summed E-state index contributed by atoms with van der Waals surface area (Å²) in [4.78, 5) is 28.3. The zero-order valence-corrected chi connectivity index (χ0v) is 15.0. The van der Waals surface area contributed by atoms with Crippen LogP contribution in [0.3, 0.4) is 0 Å². The van der Waals surface area contributed by atoms with Gasteiger partial charge in [-0.25, -0.2) is 0 Å². The summed E-state index contributed by atoms with van der Waals surface area (Å²) < 4.78 is 0. The molecule has 0 bridgehead atoms. The Labute approximate surface area is 148 Å². The fraction of sp³-hybridized carbons (Fsp3) is 0.350. The van der Waals surface area contributed by atoms with Crippen molar-refractivity contribution in [1.29, 1.82) is 0 Å². The maximum Gasteiger partial charge on any atom is 0.251 e. The number of rotatable bonds is 7. The van der Waals surface area contributed by atoms with Gasteiger partial charge in [0.15, 0.2) is 0 Å². The normalized spacial score (nSPS) is 11.6. The molecule has 0 saturated carbocycles. The summed E-state index contributed by atoms with van der Waals surface area (Å²) in [5.41, 5.74) is 3.29. The van der Waals surface area contributed by atoms with Gasteiger partial charge in [-0.2, -0.15) is 0 Å². The average molecular weight is 339 g/mol. The lowest BCUT2D eigenvalue weighted by atomic mass is 10.1. The molecule has 132 valence electrons. The zero-order valence-electron chi connectivity index (χ0n) is 15.0. The lowest BCUT2D eigenvalue weighted by molar-refractivity contribution is -0.116. The van der Waals surface area contributed by atoms with Crippen LogP contribution in [0.4, 0.5) is 5.69 Å². The fourth-order valence-corrected chi connectivity index (χ4v) is 2.57. The van der Waals surface area contributed by atoms with Crippen LogP contribution in [0.1, 0.15) is 48.2 Å². The van der Waals surface area contributed by atoms with E-state index in [0.717, 1.165) is 24.0 Å². The molecular formula is C20H25N3O2. The van der Waals surface area contributed by atoms with Gasteiger partial charge in [-0.15, -0.1) is 0 Å². The first-order valence-corrected chi connectivity index (χ1v) is 8.60. The topological polar surface area (TPSA) is 71.1 Å². The Morgan fingerprint density at radius 1 is 1.16 bits per heavy atom. The molecule has 2 N–H and O–H groups in total. The van der Waals surface area contributed by atoms with Gasteiger partial charge in [-0.05, 0) is 62.1 Å². The predicted molar refractivity (Wildman–Crippen MR) is 99.6 cm³/mol. The number of carbonyl (C=O) groups is 2. The molecule has 2 amide bonds. The van der Waals surface area contributed by atoms with Crippen LogP contribution in [0.25, 0.3) is 0 Å². The van der Waals surface area contributed by atoms with E-state index < -0.39 is 0 Å². The number of benzene rings is 1. The summed E-state index contributed by atoms with van der Waals surface area (Å²) in [6.45, 7) is 5.84. The third-order valence-electron chi connectivity index (χ3n) is 3.92. The van der Waals surface area contributed by atoms with E-state index in [9.17, 15) is 9.59 Å². The molecule has 2 rings (SSSR count). The van der Waals surface area contributed by atoms with E-state index in [1.54, 1.807) is 24.5 Å². The van der Waals surface area contributed by atoms with Gasteiger partial charge in [0.1, 0.15) is 0 Å². The van der Waals surface area contributed by atoms with Gasteiger partial charge < -0.3 is 10.6 Å². The number of hydrogen-bond donors (Lipinski definition) is 2. The molecule has 1 unspecified atom stereocenters. The molecule has 0 aliphatic carbocycles. The molecule has 0 radical (unpaired) electrons. The SMILES string of the molecule is CCCC(=O)Nc1cc(C(=O)NC(C)Cc2ccncc2)ccc1C. The monoisotopic (exact) mass is 339 g/mol. The second-order valence-electron chi connectivity index (χ2n) is 6.26. The lowest BCUT2D eigenvalue weighted by Crippen LogP contribution is -2.34. The van der Waals surface area contributed by atoms with Gasteiger partial charge in [0.25, 0.3) is 5.91 Å². The van der Waals surface area contributed by atoms with Crippen molar-refractivity contribution >= 4 is 17.5 Å². The predicted octanol–water partition coefficient (Wildman–Crippen LogP) is 3.49. The van der Waals surface area contributed by atoms with E-state index in [4.69, 9.17) is 0 Å². The largest absolute Gasteiger partial charge is 0.349 e. The second kappa shape index (κ2) is 8.97. The number of hydrogen-bond acceptors (Lipinski definition) is 3. The smallest absolute Gasteiger partial charge is 0.251 e. The molecule has 5 heteroatoms. The van der Waals surface area contributed by atoms with Crippen LogP contribution >= 0.6 is 0 Å². The second-order valence-corrected chi connectivity index (χ2v) is 6.26. The Kier molecular flexibility index (Phi) is 6.69. The molecule has 1 aromatic carbocycles. The van der Waals surface area contributed by atoms with Crippen molar-refractivity contribution < 1.29 is 9.59 Å². The maximum absolute atomic E-state index is 12.5. The standard InChI is InChI=1S/C20H25N3O2/c1-4-5-19(24)23-18-13-17(7-6-14(18)2)20(25)22-15(3)12-16-8-10-21-11-9-16/h6-11,13,15H,4-5,12H2,1-3H3,(H,22,25)(H,23,24). The van der Waals surface area contributed by atoms with Crippen LogP contribution in [-0.2, 0) is 11.2 Å². The number of aryl methyl sites for hydroxylation is 1. The van der Waals surface area contributed by atoms with Crippen molar-refractivity contribution in [1.82, 2.24) is 10.3 Å². The van der Waals surface area contributed by atoms with Gasteiger partial charge in [-0.3, -0.25) is 14.6 Å². The highest BCUT2D eigenvalue weighted by Gasteiger charge is 2.13. The van der Waals surface area contributed by atoms with Crippen LogP contribution in [0, 0.1) is 6.92 Å². The van der Waals surface area contributed by atoms with Crippen molar-refractivity contribution in [2.45, 2.75) is 46.1 Å². The number of anilines is 1. The van der Waals surface area contributed by atoms with E-state index in [2.05, 4.69) is 15.6 Å². The van der Waals surface area contributed by atoms with Crippen molar-refractivity contribution in [3.63, 3.8) is 0 Å². The van der Waals surface area contributed by atoms with Crippen LogP contribution in [0.2, 0.25) is 0 Å². The Morgan fingerprint density at radius 2 is 1.88 bits per heavy atom. The molecule has 1 atom stereocenters. The van der Waals surface area contributed by atoms with Crippen LogP contribution in [0.5, 0.6) is 0 Å². The Morgan fingerprint density at radius 3 is 2.56 bits per heavy atom. The number of aromatic nitrogens is 1. The Hall–Kier alpha value is -2.69. The Balaban J connectivity index is 2.02. The molecule has 2 aromatic rings. The third-order valence-corrected chi connectivity index (χ3v) is 3.92. The zero-order chi connectivity index (χ0) is 18.2. The van der Waals surface area contributed by atoms with Crippen LogP contribution < -0.4 is 10.6 Å². The van der Waals surface area contributed by atoms with Crippen molar-refractivity contribution in [2.24, 2.45) is 0 Å². The van der Waals surface area contributed by atoms with E-state index >= 15 is 0 Å². The molecule has 5 nitrogen and oxygen atoms in total. The summed E-state index contributed by atoms with van der Waals surface area (Å²) in [6, 6.07) is 9.24. The third kappa shape index (κ3) is 5.71. The molecular weight excluding hydrogens is 314 g/mol. The lowest BCUT2D eigenvalue weighted by Gasteiger charge is -2.15. The summed E-state index contributed by atoms with van der Waals surface area (Å²) in [5, 5.41) is 5.87. The molecule has 0 spiro atoms. The van der Waals surface area contributed by atoms with Gasteiger partial charge in [-0.1, -0.05) is 13.0 Å². The summed E-state index contributed by atoms with van der Waals surface area (Å²) >= 11 is 0. The number of pyridine rings is 1. The molecule has 0 aliphatic heterocycles. The van der Waals surface area contributed by atoms with Crippen molar-refractivity contribution in [2.75, 3.05) is 5.32 Å². The first-order chi connectivity index (χ1) is 12.0. The number of carbonyl (C=O) groups excluding carboxylic acids is 2. The summed E-state index contributed by atoms with van der Waals surface area (Å²) in [7, 11) is 0. The van der Waals surface area contributed by atoms with Crippen molar-refractivity contribution in [3.05, 3.63) is 59.4 Å². The van der Waals surface area contributed by atoms with Gasteiger partial charge in [0.05, 0.1) is 0 Å². The highest BCUT2D eigenvalue weighted by molar-refractivity contribution is 5.97. The molecule has 0 saturated heterocycles. The number of nitrogens with one attached hydrogen (secondary N) is 2. The van der Waals surface area contributed by atoms with Gasteiger partial charge >= 0.3 is 0 Å². The minimum absolute atomic E-state index is 0.00524. The van der Waals surface area contributed by atoms with Crippen LogP contribution in [0.15, 0.2) is 42.7 Å². The maximum atomic E-state index is 12.5. The van der Waals surface area contributed by atoms with Crippen molar-refractivity contribution in [3.8, 4) is 0 Å². The number of nitrogens with zero attached hydrogens (tertiary/aromatic N) is 1. The number of amides is 2. The van der Waals surface area contributed by atoms with Crippen LogP contribution in [-0.4, -0.2) is 22.8 Å². The molecule has 1 heterocycles. The van der Waals surface area contributed by atoms with E-state index in [0.29, 0.717) is 17.7 Å². The highest BCUT2D eigenvalue weighted by atomic mass is 16.2. The molecule has 25 heavy (non-hydrogen) atoms. The minimum atomic E-state index is -0.146. The molecule has 0 aliphatic rings. The Bertz CT molecular complexity index is 729.